The number of aliphatic hydroxyl groups excluding tert-OH is 2. The van der Waals surface area contributed by atoms with E-state index >= 15 is 4.39 Å². The molecule has 406 valence electrons. The Hall–Kier alpha value is -7.64. The van der Waals surface area contributed by atoms with E-state index in [1.807, 2.05) is 45.0 Å². The van der Waals surface area contributed by atoms with Crippen LogP contribution in [-0.2, 0) is 20.9 Å². The molecule has 4 aromatic carbocycles. The van der Waals surface area contributed by atoms with Crippen molar-refractivity contribution in [2.75, 3.05) is 44.9 Å². The van der Waals surface area contributed by atoms with E-state index in [2.05, 4.69) is 54.0 Å². The minimum atomic E-state index is -1.14. The number of piperazine rings is 1. The fraction of sp³-hybridized carbons (Fsp3) is 0.421. The van der Waals surface area contributed by atoms with Crippen LogP contribution >= 0.6 is 0 Å². The first kappa shape index (κ1) is 52.4. The first-order valence-corrected chi connectivity index (χ1v) is 26.3. The highest BCUT2D eigenvalue weighted by Gasteiger charge is 2.44. The van der Waals surface area contributed by atoms with Gasteiger partial charge in [-0.25, -0.2) is 17.9 Å². The second kappa shape index (κ2) is 21.6. The van der Waals surface area contributed by atoms with Crippen molar-refractivity contribution in [3.63, 3.8) is 0 Å². The number of ether oxygens (including phenoxy) is 3. The van der Waals surface area contributed by atoms with Gasteiger partial charge in [-0.05, 0) is 85.9 Å². The predicted molar refractivity (Wildman–Crippen MR) is 283 cm³/mol. The number of hydrogen-bond acceptors (Lipinski definition) is 14. The van der Waals surface area contributed by atoms with E-state index in [9.17, 15) is 28.6 Å². The largest absolute Gasteiger partial charge is 0.486 e. The summed E-state index contributed by atoms with van der Waals surface area (Å²) in [6.45, 7) is 8.52. The second-order valence-electron chi connectivity index (χ2n) is 21.2. The predicted octanol–water partition coefficient (Wildman–Crippen LogP) is 6.27. The number of rotatable bonds is 17. The van der Waals surface area contributed by atoms with Crippen LogP contribution < -0.4 is 25.0 Å². The minimum absolute atomic E-state index is 0.00880. The number of aliphatic hydroxyl groups is 2. The summed E-state index contributed by atoms with van der Waals surface area (Å²) in [7, 11) is 1.62. The van der Waals surface area contributed by atoms with Crippen molar-refractivity contribution in [3.05, 3.63) is 107 Å². The maximum absolute atomic E-state index is 16.1. The van der Waals surface area contributed by atoms with Crippen molar-refractivity contribution >= 4 is 39.4 Å². The summed E-state index contributed by atoms with van der Waals surface area (Å²) >= 11 is 0. The average Bonchev–Trinajstić information content (AvgIpc) is 4.11. The molecule has 7 aromatic rings. The van der Waals surface area contributed by atoms with Gasteiger partial charge in [0.15, 0.2) is 5.75 Å². The highest BCUT2D eigenvalue weighted by molar-refractivity contribution is 6.06. The molecule has 7 atom stereocenters. The summed E-state index contributed by atoms with van der Waals surface area (Å²) in [5.41, 5.74) is 5.98. The van der Waals surface area contributed by atoms with E-state index in [-0.39, 0.29) is 67.6 Å². The lowest BCUT2D eigenvalue weighted by Crippen LogP contribution is -2.51. The third-order valence-electron chi connectivity index (χ3n) is 15.3. The van der Waals surface area contributed by atoms with Gasteiger partial charge in [-0.2, -0.15) is 15.1 Å². The van der Waals surface area contributed by atoms with Crippen LogP contribution in [0.15, 0.2) is 67.0 Å². The highest BCUT2D eigenvalue weighted by atomic mass is 19.1. The maximum Gasteiger partial charge on any atom is 0.319 e. The lowest BCUT2D eigenvalue weighted by molar-refractivity contribution is -0.142. The number of likely N-dealkylation sites (tertiary alicyclic amines) is 1. The average molecular weight is 1070 g/mol. The number of carbonyl (C=O) groups is 2. The number of benzene rings is 4. The van der Waals surface area contributed by atoms with E-state index < -0.39 is 54.3 Å². The molecule has 4 fully saturated rings. The van der Waals surface area contributed by atoms with Crippen molar-refractivity contribution in [2.24, 2.45) is 5.92 Å². The summed E-state index contributed by atoms with van der Waals surface area (Å²) in [5.74, 6) is 3.10. The molecule has 1 aliphatic carbocycles. The van der Waals surface area contributed by atoms with Gasteiger partial charge < -0.3 is 44.9 Å². The number of methoxy groups -OCH3 is 1. The van der Waals surface area contributed by atoms with E-state index in [1.165, 1.54) is 15.6 Å². The van der Waals surface area contributed by atoms with Gasteiger partial charge in [-0.1, -0.05) is 55.2 Å². The van der Waals surface area contributed by atoms with Crippen LogP contribution in [0, 0.1) is 42.1 Å². The minimum Gasteiger partial charge on any atom is -0.486 e. The van der Waals surface area contributed by atoms with Gasteiger partial charge in [0.05, 0.1) is 36.7 Å². The van der Waals surface area contributed by atoms with Crippen LogP contribution in [0.25, 0.3) is 44.2 Å². The second-order valence-corrected chi connectivity index (χ2v) is 21.2. The molecule has 18 nitrogen and oxygen atoms in total. The van der Waals surface area contributed by atoms with Crippen LogP contribution in [0.3, 0.4) is 0 Å². The van der Waals surface area contributed by atoms with Crippen molar-refractivity contribution < 1.29 is 47.2 Å². The summed E-state index contributed by atoms with van der Waals surface area (Å²) < 4.78 is 63.9. The summed E-state index contributed by atoms with van der Waals surface area (Å²) in [4.78, 5) is 41.9. The van der Waals surface area contributed by atoms with Crippen molar-refractivity contribution in [1.82, 2.24) is 50.7 Å². The molecule has 5 N–H and O–H groups in total. The van der Waals surface area contributed by atoms with Crippen LogP contribution in [0.4, 0.5) is 19.0 Å². The number of aromatic nitrogens is 7. The molecule has 11 rings (SSSR count). The molecular formula is C57H60F3N11O7. The normalized spacial score (nSPS) is 20.1. The number of anilines is 1. The van der Waals surface area contributed by atoms with E-state index in [4.69, 9.17) is 24.2 Å². The van der Waals surface area contributed by atoms with Gasteiger partial charge in [0.1, 0.15) is 65.8 Å². The summed E-state index contributed by atoms with van der Waals surface area (Å²) in [6.07, 6.45) is 4.97. The monoisotopic (exact) mass is 1070 g/mol. The van der Waals surface area contributed by atoms with E-state index in [0.29, 0.717) is 51.3 Å². The molecule has 1 saturated carbocycles. The Morgan fingerprint density at radius 1 is 0.962 bits per heavy atom. The van der Waals surface area contributed by atoms with Crippen LogP contribution in [0.5, 0.6) is 11.8 Å². The van der Waals surface area contributed by atoms with Gasteiger partial charge in [0.25, 0.3) is 0 Å². The number of amides is 2. The number of H-pyrrole nitrogens is 1. The molecule has 21 heteroatoms. The van der Waals surface area contributed by atoms with Crippen LogP contribution in [-0.4, -0.2) is 138 Å². The number of halogens is 3. The molecular weight excluding hydrogens is 1010 g/mol. The number of carbonyl (C=O) groups excluding carboxylic acids is 2. The first-order chi connectivity index (χ1) is 37.6. The maximum atomic E-state index is 16.1. The zero-order chi connectivity index (χ0) is 54.5. The highest BCUT2D eigenvalue weighted by Crippen LogP contribution is 2.53. The Morgan fingerprint density at radius 2 is 1.74 bits per heavy atom. The van der Waals surface area contributed by atoms with Crippen molar-refractivity contribution in [3.8, 4) is 46.0 Å². The number of β-amino-alcohol motifs (C(OH)–C–C–N with tert-alkyl or cyclic N) is 1. The Labute approximate surface area is 447 Å². The number of aromatic amines is 1. The first-order valence-electron chi connectivity index (χ1n) is 26.3. The molecule has 2 amide bonds. The van der Waals surface area contributed by atoms with Gasteiger partial charge in [0, 0.05) is 84.3 Å². The third kappa shape index (κ3) is 10.4. The molecule has 3 aliphatic heterocycles. The number of fused-ring (bicyclic) bond motifs is 4. The zero-order valence-corrected chi connectivity index (χ0v) is 43.8. The standard InChI is InChI=1S/C57H60F3N11O7/c1-29(2)52(56(75)70-24-41(73)18-48(70)55(74)63-38(26-72)13-8-33-14-36(58)16-37(59)15-33)71-25-47(67-68-71)35-9-6-32(7-10-35)28-77-53-50(49-31(4)45(60)20-46-44(49)22-62-66-46)42(34-11-12-34)19-43-51(53)64-57(78-27-30(3)76-5)65-54(43)69-23-39-17-40(69)21-61-39/h6-7,9-10,14-16,19-20,22,25,29-30,34,38-41,48,52,61,72-73H,11-12,17-18,21,23-24,26-28H2,1-5H3,(H,62,66)(H,63,74)/t30-,38+,39-,40-,41+,48-,52-/m0/s1. The SMILES string of the molecule is CO[C@@H](C)COc1nc(N2C[C@@H]3C[C@H]2CN3)c2cc(C3CC3)c(-c3c(C)c(F)cc4[nH]ncc34)c(OCc3ccc(-c4cn([C@H](C(=O)N5C[C@H](O)C[C@H]5C(=O)N[C@H](C#Cc5cc(F)cc(F)c5)CO)C(C)C)nn4)cc3)c2n1. The zero-order valence-electron chi connectivity index (χ0n) is 43.8. The van der Waals surface area contributed by atoms with Gasteiger partial charge in [0.2, 0.25) is 11.8 Å². The van der Waals surface area contributed by atoms with Gasteiger partial charge in [-0.3, -0.25) is 14.7 Å². The fourth-order valence-electron chi connectivity index (χ4n) is 11.0. The Balaban J connectivity index is 0.883. The molecule has 78 heavy (non-hydrogen) atoms. The Morgan fingerprint density at radius 3 is 2.44 bits per heavy atom. The third-order valence-corrected chi connectivity index (χ3v) is 15.3. The Bertz CT molecular complexity index is 3470. The Kier molecular flexibility index (Phi) is 14.5. The number of nitrogens with one attached hydrogen (secondary N) is 3. The van der Waals surface area contributed by atoms with Gasteiger partial charge >= 0.3 is 6.01 Å². The topological polar surface area (TPSA) is 218 Å². The molecule has 3 aromatic heterocycles. The molecule has 0 spiro atoms. The summed E-state index contributed by atoms with van der Waals surface area (Å²) in [6, 6.07) is 11.6. The smallest absolute Gasteiger partial charge is 0.319 e. The summed E-state index contributed by atoms with van der Waals surface area (Å²) in [5, 5.41) is 44.7. The van der Waals surface area contributed by atoms with E-state index in [1.54, 1.807) is 26.4 Å². The molecule has 3 saturated heterocycles. The van der Waals surface area contributed by atoms with Crippen LogP contribution in [0.2, 0.25) is 0 Å². The van der Waals surface area contributed by atoms with Crippen molar-refractivity contribution in [2.45, 2.75) is 108 Å². The molecule has 0 unspecified atom stereocenters. The molecule has 2 bridgehead atoms. The molecule has 4 aliphatic rings. The molecule has 0 radical (unpaired) electrons. The van der Waals surface area contributed by atoms with E-state index in [0.717, 1.165) is 77.8 Å². The lowest BCUT2D eigenvalue weighted by Gasteiger charge is -2.30. The molecule has 6 heterocycles. The van der Waals surface area contributed by atoms with Crippen LogP contribution in [0.1, 0.15) is 80.7 Å². The lowest BCUT2D eigenvalue weighted by atomic mass is 9.88. The fourth-order valence-corrected chi connectivity index (χ4v) is 11.0. The number of nitrogens with zero attached hydrogens (tertiary/aromatic N) is 8. The van der Waals surface area contributed by atoms with Crippen molar-refractivity contribution in [1.29, 1.82) is 0 Å². The number of hydrogen-bond donors (Lipinski definition) is 5. The quantitative estimate of drug-likeness (QED) is 0.0636. The van der Waals surface area contributed by atoms with Gasteiger partial charge in [-0.15, -0.1) is 5.10 Å².